The Morgan fingerprint density at radius 3 is 2.61 bits per heavy atom. The van der Waals surface area contributed by atoms with E-state index in [0.717, 1.165) is 49.1 Å². The summed E-state index contributed by atoms with van der Waals surface area (Å²) in [7, 11) is 1.94. The molecule has 154 valence electrons. The van der Waals surface area contributed by atoms with E-state index >= 15 is 0 Å². The van der Waals surface area contributed by atoms with Crippen LogP contribution in [0.2, 0.25) is 0 Å². The van der Waals surface area contributed by atoms with Crippen LogP contribution < -0.4 is 15.4 Å². The maximum Gasteiger partial charge on any atom is 0.191 e. The van der Waals surface area contributed by atoms with Gasteiger partial charge in [0.25, 0.3) is 0 Å². The number of aromatic nitrogens is 2. The molecular weight excluding hydrogens is 352 g/mol. The minimum absolute atomic E-state index is 0.558. The van der Waals surface area contributed by atoms with E-state index in [1.54, 1.807) is 6.20 Å². The molecule has 1 heterocycles. The molecular formula is C21H34N6O. The molecule has 0 fully saturated rings. The molecule has 0 atom stereocenters. The van der Waals surface area contributed by atoms with E-state index in [0.29, 0.717) is 19.7 Å². The van der Waals surface area contributed by atoms with E-state index < -0.39 is 0 Å². The summed E-state index contributed by atoms with van der Waals surface area (Å²) in [5.41, 5.74) is 2.19. The van der Waals surface area contributed by atoms with Crippen molar-refractivity contribution in [2.24, 2.45) is 12.0 Å². The van der Waals surface area contributed by atoms with Crippen LogP contribution in [0.5, 0.6) is 5.75 Å². The van der Waals surface area contributed by atoms with Crippen LogP contribution in [-0.4, -0.2) is 53.4 Å². The molecule has 28 heavy (non-hydrogen) atoms. The van der Waals surface area contributed by atoms with Crippen LogP contribution in [0, 0.1) is 0 Å². The average Bonchev–Trinajstić information content (AvgIpc) is 3.13. The molecule has 1 aromatic heterocycles. The lowest BCUT2D eigenvalue weighted by Crippen LogP contribution is -2.37. The number of nitrogens with zero attached hydrogens (tertiary/aromatic N) is 4. The second-order valence-corrected chi connectivity index (χ2v) is 6.48. The van der Waals surface area contributed by atoms with Gasteiger partial charge in [-0.05, 0) is 32.1 Å². The number of hydrogen-bond acceptors (Lipinski definition) is 4. The van der Waals surface area contributed by atoms with Crippen LogP contribution in [0.4, 0.5) is 0 Å². The van der Waals surface area contributed by atoms with Crippen molar-refractivity contribution < 1.29 is 4.74 Å². The summed E-state index contributed by atoms with van der Waals surface area (Å²) in [6.07, 6.45) is 1.80. The Balaban J connectivity index is 1.96. The monoisotopic (exact) mass is 386 g/mol. The van der Waals surface area contributed by atoms with Gasteiger partial charge in [0.2, 0.25) is 0 Å². The van der Waals surface area contributed by atoms with Gasteiger partial charge in [-0.25, -0.2) is 4.99 Å². The first kappa shape index (κ1) is 21.8. The maximum absolute atomic E-state index is 6.03. The summed E-state index contributed by atoms with van der Waals surface area (Å²) in [5, 5.41) is 10.8. The van der Waals surface area contributed by atoms with Crippen LogP contribution in [-0.2, 0) is 20.1 Å². The lowest BCUT2D eigenvalue weighted by Gasteiger charge is -2.19. The van der Waals surface area contributed by atoms with Crippen LogP contribution in [0.1, 0.15) is 32.0 Å². The molecule has 0 bridgehead atoms. The normalized spacial score (nSPS) is 11.7. The first-order valence-corrected chi connectivity index (χ1v) is 10.1. The summed E-state index contributed by atoms with van der Waals surface area (Å²) < 4.78 is 7.89. The number of rotatable bonds is 11. The van der Waals surface area contributed by atoms with E-state index in [9.17, 15) is 0 Å². The maximum atomic E-state index is 6.03. The molecule has 7 nitrogen and oxygen atoms in total. The third-order valence-corrected chi connectivity index (χ3v) is 4.64. The summed E-state index contributed by atoms with van der Waals surface area (Å²) in [6, 6.07) is 10.1. The highest BCUT2D eigenvalue weighted by Gasteiger charge is 2.06. The molecule has 0 aliphatic carbocycles. The molecule has 2 aromatic rings. The van der Waals surface area contributed by atoms with Crippen LogP contribution in [0.25, 0.3) is 0 Å². The SMILES string of the molecule is CCNC(=NCc1ccccc1OCCN(CC)CC)NCc1ccnn1C. The fourth-order valence-corrected chi connectivity index (χ4v) is 2.85. The van der Waals surface area contributed by atoms with Gasteiger partial charge < -0.3 is 20.3 Å². The molecule has 1 aromatic carbocycles. The van der Waals surface area contributed by atoms with Crippen LogP contribution >= 0.6 is 0 Å². The van der Waals surface area contributed by atoms with Gasteiger partial charge in [-0.3, -0.25) is 4.68 Å². The number of aliphatic imine (C=N–C) groups is 1. The van der Waals surface area contributed by atoms with Gasteiger partial charge in [0.1, 0.15) is 12.4 Å². The van der Waals surface area contributed by atoms with Gasteiger partial charge in [0, 0.05) is 31.9 Å². The Kier molecular flexibility index (Phi) is 9.34. The van der Waals surface area contributed by atoms with Crippen molar-refractivity contribution in [3.05, 3.63) is 47.8 Å². The van der Waals surface area contributed by atoms with Crippen molar-refractivity contribution in [1.29, 1.82) is 0 Å². The van der Waals surface area contributed by atoms with Crippen molar-refractivity contribution in [2.75, 3.05) is 32.8 Å². The number of benzene rings is 1. The highest BCUT2D eigenvalue weighted by atomic mass is 16.5. The van der Waals surface area contributed by atoms with E-state index in [-0.39, 0.29) is 0 Å². The Hall–Kier alpha value is -2.54. The number of guanidine groups is 1. The van der Waals surface area contributed by atoms with Crippen molar-refractivity contribution in [3.8, 4) is 5.75 Å². The largest absolute Gasteiger partial charge is 0.492 e. The first-order valence-electron chi connectivity index (χ1n) is 10.1. The number of nitrogens with one attached hydrogen (secondary N) is 2. The summed E-state index contributed by atoms with van der Waals surface area (Å²) in [5.74, 6) is 1.68. The molecule has 2 N–H and O–H groups in total. The minimum Gasteiger partial charge on any atom is -0.492 e. The lowest BCUT2D eigenvalue weighted by atomic mass is 10.2. The Labute approximate surface area is 168 Å². The molecule has 0 aliphatic rings. The second kappa shape index (κ2) is 12.0. The number of para-hydroxylation sites is 1. The quantitative estimate of drug-likeness (QED) is 0.459. The number of aryl methyl sites for hydroxylation is 1. The number of ether oxygens (including phenoxy) is 1. The van der Waals surface area contributed by atoms with Gasteiger partial charge in [0.15, 0.2) is 5.96 Å². The Morgan fingerprint density at radius 1 is 1.14 bits per heavy atom. The predicted molar refractivity (Wildman–Crippen MR) is 115 cm³/mol. The van der Waals surface area contributed by atoms with Crippen molar-refractivity contribution in [3.63, 3.8) is 0 Å². The summed E-state index contributed by atoms with van der Waals surface area (Å²) in [6.45, 7) is 12.1. The first-order chi connectivity index (χ1) is 13.7. The van der Waals surface area contributed by atoms with Crippen molar-refractivity contribution >= 4 is 5.96 Å². The van der Waals surface area contributed by atoms with Crippen LogP contribution in [0.3, 0.4) is 0 Å². The third kappa shape index (κ3) is 6.88. The third-order valence-electron chi connectivity index (χ3n) is 4.64. The summed E-state index contributed by atoms with van der Waals surface area (Å²) >= 11 is 0. The van der Waals surface area contributed by atoms with E-state index in [1.165, 1.54) is 0 Å². The number of likely N-dealkylation sites (N-methyl/N-ethyl adjacent to an activating group) is 1. The average molecular weight is 387 g/mol. The van der Waals surface area contributed by atoms with Crippen LogP contribution in [0.15, 0.2) is 41.5 Å². The van der Waals surface area contributed by atoms with E-state index in [1.807, 2.05) is 36.0 Å². The molecule has 0 amide bonds. The Morgan fingerprint density at radius 2 is 1.93 bits per heavy atom. The van der Waals surface area contributed by atoms with Gasteiger partial charge in [-0.1, -0.05) is 32.0 Å². The van der Waals surface area contributed by atoms with Crippen molar-refractivity contribution in [1.82, 2.24) is 25.3 Å². The fourth-order valence-electron chi connectivity index (χ4n) is 2.85. The smallest absolute Gasteiger partial charge is 0.191 e. The van der Waals surface area contributed by atoms with E-state index in [4.69, 9.17) is 9.73 Å². The second-order valence-electron chi connectivity index (χ2n) is 6.48. The van der Waals surface area contributed by atoms with Gasteiger partial charge in [-0.2, -0.15) is 5.10 Å². The molecule has 0 aliphatic heterocycles. The molecule has 7 heteroatoms. The zero-order chi connectivity index (χ0) is 20.2. The highest BCUT2D eigenvalue weighted by Crippen LogP contribution is 2.18. The fraction of sp³-hybridized carbons (Fsp3) is 0.524. The molecule has 2 rings (SSSR count). The summed E-state index contributed by atoms with van der Waals surface area (Å²) in [4.78, 5) is 7.08. The Bertz CT molecular complexity index is 723. The molecule has 0 radical (unpaired) electrons. The molecule has 0 saturated heterocycles. The van der Waals surface area contributed by atoms with Gasteiger partial charge >= 0.3 is 0 Å². The van der Waals surface area contributed by atoms with Gasteiger partial charge in [-0.15, -0.1) is 0 Å². The molecule has 0 saturated carbocycles. The van der Waals surface area contributed by atoms with E-state index in [2.05, 4.69) is 47.5 Å². The molecule has 0 unspecified atom stereocenters. The standard InChI is InChI=1S/C21H34N6O/c1-5-22-21(24-17-19-12-13-25-26(19)4)23-16-18-10-8-9-11-20(18)28-15-14-27(6-2)7-3/h8-13H,5-7,14-17H2,1-4H3,(H2,22,23,24). The topological polar surface area (TPSA) is 66.7 Å². The van der Waals surface area contributed by atoms with Gasteiger partial charge in [0.05, 0.1) is 18.8 Å². The zero-order valence-electron chi connectivity index (χ0n) is 17.6. The zero-order valence-corrected chi connectivity index (χ0v) is 17.6. The predicted octanol–water partition coefficient (Wildman–Crippen LogP) is 2.40. The molecule has 0 spiro atoms. The number of hydrogen-bond donors (Lipinski definition) is 2. The minimum atomic E-state index is 0.558. The van der Waals surface area contributed by atoms with Crippen molar-refractivity contribution in [2.45, 2.75) is 33.9 Å². The lowest BCUT2D eigenvalue weighted by molar-refractivity contribution is 0.221. The highest BCUT2D eigenvalue weighted by molar-refractivity contribution is 5.79.